The lowest BCUT2D eigenvalue weighted by atomic mass is 9.88. The Morgan fingerprint density at radius 3 is 2.61 bits per heavy atom. The first-order valence-corrected chi connectivity index (χ1v) is 8.87. The number of aliphatic carboxylic acids is 1. The number of nitrogens with one attached hydrogen (secondary N) is 1. The van der Waals surface area contributed by atoms with E-state index in [0.717, 1.165) is 25.8 Å². The maximum absolute atomic E-state index is 11.9. The van der Waals surface area contributed by atoms with Crippen molar-refractivity contribution in [2.24, 2.45) is 5.16 Å². The van der Waals surface area contributed by atoms with Gasteiger partial charge in [-0.25, -0.2) is 4.79 Å². The molecule has 12 heteroatoms. The van der Waals surface area contributed by atoms with E-state index in [1.165, 1.54) is 0 Å². The van der Waals surface area contributed by atoms with Crippen molar-refractivity contribution in [1.82, 2.24) is 10.2 Å². The molecule has 0 radical (unpaired) electrons. The number of carbonyl (C=O) groups excluding carboxylic acids is 1. The van der Waals surface area contributed by atoms with Gasteiger partial charge in [0.25, 0.3) is 5.91 Å². The lowest BCUT2D eigenvalue weighted by molar-refractivity contribution is -0.192. The van der Waals surface area contributed by atoms with Gasteiger partial charge in [-0.3, -0.25) is 9.69 Å². The SMILES string of the molecule is CCCNC(=O)C1=NOC2(CCCN(CC(O)CO)C2)C1.O=C(O)C(F)(F)F. The highest BCUT2D eigenvalue weighted by Gasteiger charge is 2.44. The summed E-state index contributed by atoms with van der Waals surface area (Å²) in [6.07, 6.45) is -2.65. The second-order valence-corrected chi connectivity index (χ2v) is 6.72. The Labute approximate surface area is 160 Å². The molecule has 1 fully saturated rings. The Balaban J connectivity index is 0.000000480. The maximum Gasteiger partial charge on any atom is 0.490 e. The Hall–Kier alpha value is -1.92. The molecule has 28 heavy (non-hydrogen) atoms. The number of halogens is 3. The van der Waals surface area contributed by atoms with Crippen LogP contribution in [-0.4, -0.2) is 88.5 Å². The highest BCUT2D eigenvalue weighted by Crippen LogP contribution is 2.33. The zero-order chi connectivity index (χ0) is 21.4. The minimum atomic E-state index is -5.08. The number of carbonyl (C=O) groups is 2. The Bertz CT molecular complexity index is 572. The van der Waals surface area contributed by atoms with Gasteiger partial charge in [-0.1, -0.05) is 12.1 Å². The highest BCUT2D eigenvalue weighted by molar-refractivity contribution is 6.39. The minimum Gasteiger partial charge on any atom is -0.475 e. The van der Waals surface area contributed by atoms with Gasteiger partial charge in [0.1, 0.15) is 5.71 Å². The fraction of sp³-hybridized carbons (Fsp3) is 0.812. The molecule has 2 heterocycles. The van der Waals surface area contributed by atoms with Crippen LogP contribution in [0.15, 0.2) is 5.16 Å². The number of carboxylic acid groups (broad SMARTS) is 1. The summed E-state index contributed by atoms with van der Waals surface area (Å²) in [6, 6.07) is 0. The fourth-order valence-corrected chi connectivity index (χ4v) is 2.90. The molecule has 1 saturated heterocycles. The third kappa shape index (κ3) is 7.60. The molecule has 162 valence electrons. The molecular weight excluding hydrogens is 387 g/mol. The van der Waals surface area contributed by atoms with E-state index < -0.39 is 23.9 Å². The first-order chi connectivity index (χ1) is 13.0. The number of likely N-dealkylation sites (tertiary alicyclic amines) is 1. The molecule has 2 atom stereocenters. The molecule has 0 saturated carbocycles. The van der Waals surface area contributed by atoms with E-state index in [-0.39, 0.29) is 12.5 Å². The highest BCUT2D eigenvalue weighted by atomic mass is 19.4. The first-order valence-electron chi connectivity index (χ1n) is 8.87. The molecule has 0 aromatic heterocycles. The third-order valence-electron chi connectivity index (χ3n) is 4.18. The zero-order valence-electron chi connectivity index (χ0n) is 15.5. The van der Waals surface area contributed by atoms with Crippen LogP contribution in [0.2, 0.25) is 0 Å². The molecule has 1 amide bonds. The average molecular weight is 413 g/mol. The van der Waals surface area contributed by atoms with Gasteiger partial charge < -0.3 is 25.5 Å². The fourth-order valence-electron chi connectivity index (χ4n) is 2.90. The molecule has 9 nitrogen and oxygen atoms in total. The van der Waals surface area contributed by atoms with Crippen molar-refractivity contribution in [3.63, 3.8) is 0 Å². The molecule has 1 spiro atoms. The lowest BCUT2D eigenvalue weighted by Crippen LogP contribution is -2.51. The minimum absolute atomic E-state index is 0.152. The van der Waals surface area contributed by atoms with Crippen LogP contribution in [-0.2, 0) is 14.4 Å². The van der Waals surface area contributed by atoms with E-state index in [4.69, 9.17) is 19.8 Å². The smallest absolute Gasteiger partial charge is 0.475 e. The predicted molar refractivity (Wildman–Crippen MR) is 91.6 cm³/mol. The molecule has 2 rings (SSSR count). The molecular formula is C16H26F3N3O6. The first kappa shape index (κ1) is 24.1. The van der Waals surface area contributed by atoms with Gasteiger partial charge in [0, 0.05) is 26.1 Å². The van der Waals surface area contributed by atoms with Crippen molar-refractivity contribution in [3.05, 3.63) is 0 Å². The van der Waals surface area contributed by atoms with Crippen LogP contribution in [0.25, 0.3) is 0 Å². The normalized spacial score (nSPS) is 23.3. The predicted octanol–water partition coefficient (Wildman–Crippen LogP) is 0.110. The van der Waals surface area contributed by atoms with Crippen LogP contribution in [0.3, 0.4) is 0 Å². The Morgan fingerprint density at radius 1 is 1.43 bits per heavy atom. The number of aliphatic hydroxyl groups is 2. The number of alkyl halides is 3. The molecule has 0 bridgehead atoms. The van der Waals surface area contributed by atoms with Crippen LogP contribution in [0.4, 0.5) is 13.2 Å². The number of hydrogen-bond donors (Lipinski definition) is 4. The van der Waals surface area contributed by atoms with Gasteiger partial charge >= 0.3 is 12.1 Å². The quantitative estimate of drug-likeness (QED) is 0.486. The second kappa shape index (κ2) is 10.6. The number of oxime groups is 1. The third-order valence-corrected chi connectivity index (χ3v) is 4.18. The number of rotatable bonds is 6. The molecule has 0 aromatic carbocycles. The van der Waals surface area contributed by atoms with Gasteiger partial charge in [-0.2, -0.15) is 13.2 Å². The standard InChI is InChI=1S/C14H25N3O4.C2HF3O2/c1-2-5-15-13(20)12-7-14(21-16-12)4-3-6-17(10-14)8-11(19)9-18;3-2(4,5)1(6)7/h11,18-19H,2-10H2,1H3,(H,15,20);(H,6,7). The largest absolute Gasteiger partial charge is 0.490 e. The number of β-amino-alcohol motifs (C(OH)–C–C–N with tert-alkyl or cyclic N) is 1. The summed E-state index contributed by atoms with van der Waals surface area (Å²) in [5.74, 6) is -2.91. The number of nitrogens with zero attached hydrogens (tertiary/aromatic N) is 2. The van der Waals surface area contributed by atoms with Gasteiger partial charge in [-0.05, 0) is 25.8 Å². The Kier molecular flexibility index (Phi) is 9.11. The maximum atomic E-state index is 11.9. The van der Waals surface area contributed by atoms with E-state index in [2.05, 4.69) is 15.4 Å². The molecule has 2 aliphatic rings. The number of piperidine rings is 1. The summed E-state index contributed by atoms with van der Waals surface area (Å²) in [6.45, 7) is 4.29. The molecule has 2 unspecified atom stereocenters. The van der Waals surface area contributed by atoms with Crippen molar-refractivity contribution in [1.29, 1.82) is 0 Å². The van der Waals surface area contributed by atoms with Gasteiger partial charge in [0.2, 0.25) is 0 Å². The van der Waals surface area contributed by atoms with Crippen LogP contribution in [0.1, 0.15) is 32.6 Å². The number of amides is 1. The average Bonchev–Trinajstić information content (AvgIpc) is 3.02. The topological polar surface area (TPSA) is 132 Å². The van der Waals surface area contributed by atoms with Crippen molar-refractivity contribution in [2.75, 3.05) is 32.8 Å². The van der Waals surface area contributed by atoms with Crippen molar-refractivity contribution < 1.29 is 42.9 Å². The molecule has 2 aliphatic heterocycles. The summed E-state index contributed by atoms with van der Waals surface area (Å²) in [7, 11) is 0. The van der Waals surface area contributed by atoms with E-state index in [1.807, 2.05) is 6.92 Å². The van der Waals surface area contributed by atoms with Crippen molar-refractivity contribution in [2.45, 2.75) is 50.5 Å². The number of carboxylic acids is 1. The summed E-state index contributed by atoms with van der Waals surface area (Å²) >= 11 is 0. The summed E-state index contributed by atoms with van der Waals surface area (Å²) in [4.78, 5) is 28.5. The van der Waals surface area contributed by atoms with Gasteiger partial charge in [-0.15, -0.1) is 0 Å². The summed E-state index contributed by atoms with van der Waals surface area (Å²) < 4.78 is 31.7. The monoisotopic (exact) mass is 413 g/mol. The Morgan fingerprint density at radius 2 is 2.07 bits per heavy atom. The van der Waals surface area contributed by atoms with Gasteiger partial charge in [0.05, 0.1) is 12.7 Å². The molecule has 0 aliphatic carbocycles. The lowest BCUT2D eigenvalue weighted by Gasteiger charge is -2.38. The zero-order valence-corrected chi connectivity index (χ0v) is 15.5. The van der Waals surface area contributed by atoms with E-state index in [0.29, 0.717) is 31.8 Å². The van der Waals surface area contributed by atoms with Crippen LogP contribution >= 0.6 is 0 Å². The second-order valence-electron chi connectivity index (χ2n) is 6.72. The molecule has 0 aromatic rings. The number of aliphatic hydroxyl groups excluding tert-OH is 2. The van der Waals surface area contributed by atoms with Crippen LogP contribution in [0.5, 0.6) is 0 Å². The van der Waals surface area contributed by atoms with Crippen molar-refractivity contribution >= 4 is 17.6 Å². The van der Waals surface area contributed by atoms with E-state index in [1.54, 1.807) is 0 Å². The van der Waals surface area contributed by atoms with Crippen LogP contribution < -0.4 is 5.32 Å². The number of hydrogen-bond acceptors (Lipinski definition) is 7. The van der Waals surface area contributed by atoms with Gasteiger partial charge in [0.15, 0.2) is 5.60 Å². The summed E-state index contributed by atoms with van der Waals surface area (Å²) in [5.41, 5.74) is -0.000212. The van der Waals surface area contributed by atoms with E-state index >= 15 is 0 Å². The van der Waals surface area contributed by atoms with Crippen LogP contribution in [0, 0.1) is 0 Å². The molecule has 4 N–H and O–H groups in total. The summed E-state index contributed by atoms with van der Waals surface area (Å²) in [5, 5.41) is 32.4. The van der Waals surface area contributed by atoms with E-state index in [9.17, 15) is 23.1 Å². The van der Waals surface area contributed by atoms with Crippen molar-refractivity contribution in [3.8, 4) is 0 Å².